The molecular formula is C24H21N5O. The van der Waals surface area contributed by atoms with Crippen LogP contribution in [0, 0.1) is 20.8 Å². The lowest BCUT2D eigenvalue weighted by Crippen LogP contribution is -2.07. The molecule has 148 valence electrons. The van der Waals surface area contributed by atoms with Crippen LogP contribution in [0.25, 0.3) is 28.5 Å². The minimum Gasteiger partial charge on any atom is -0.333 e. The van der Waals surface area contributed by atoms with E-state index in [-0.39, 0.29) is 0 Å². The van der Waals surface area contributed by atoms with Crippen molar-refractivity contribution in [1.82, 2.24) is 24.7 Å². The van der Waals surface area contributed by atoms with Gasteiger partial charge in [0.05, 0.1) is 6.20 Å². The highest BCUT2D eigenvalue weighted by Gasteiger charge is 2.19. The van der Waals surface area contributed by atoms with Crippen LogP contribution >= 0.6 is 0 Å². The summed E-state index contributed by atoms with van der Waals surface area (Å²) in [5, 5.41) is 8.70. The maximum Gasteiger partial charge on any atom is 0.263 e. The van der Waals surface area contributed by atoms with Gasteiger partial charge in [-0.3, -0.25) is 0 Å². The van der Waals surface area contributed by atoms with Crippen molar-refractivity contribution >= 4 is 5.65 Å². The van der Waals surface area contributed by atoms with Gasteiger partial charge in [0, 0.05) is 23.4 Å². The van der Waals surface area contributed by atoms with Crippen LogP contribution in [0.1, 0.15) is 28.1 Å². The van der Waals surface area contributed by atoms with Crippen LogP contribution in [0.3, 0.4) is 0 Å². The Kier molecular flexibility index (Phi) is 4.39. The predicted molar refractivity (Wildman–Crippen MR) is 115 cm³/mol. The monoisotopic (exact) mass is 395 g/mol. The quantitative estimate of drug-likeness (QED) is 0.430. The van der Waals surface area contributed by atoms with Gasteiger partial charge in [0.15, 0.2) is 5.65 Å². The number of aryl methyl sites for hydroxylation is 3. The summed E-state index contributed by atoms with van der Waals surface area (Å²) in [4.78, 5) is 9.42. The second-order valence-corrected chi connectivity index (χ2v) is 7.45. The minimum atomic E-state index is 0.418. The molecule has 0 unspecified atom stereocenters. The molecule has 0 bridgehead atoms. The molecule has 0 saturated heterocycles. The van der Waals surface area contributed by atoms with Crippen molar-refractivity contribution in [3.8, 4) is 22.8 Å². The molecular weight excluding hydrogens is 374 g/mol. The fraction of sp³-hybridized carbons (Fsp3) is 0.167. The topological polar surface area (TPSA) is 69.1 Å². The highest BCUT2D eigenvalue weighted by atomic mass is 16.5. The van der Waals surface area contributed by atoms with Crippen LogP contribution in [0.15, 0.2) is 65.3 Å². The zero-order chi connectivity index (χ0) is 20.7. The van der Waals surface area contributed by atoms with Gasteiger partial charge < -0.3 is 4.52 Å². The molecule has 0 spiro atoms. The Morgan fingerprint density at radius 2 is 1.67 bits per heavy atom. The molecule has 0 aliphatic carbocycles. The molecule has 0 radical (unpaired) electrons. The van der Waals surface area contributed by atoms with E-state index >= 15 is 0 Å². The van der Waals surface area contributed by atoms with Crippen molar-refractivity contribution in [2.24, 2.45) is 0 Å². The van der Waals surface area contributed by atoms with Gasteiger partial charge >= 0.3 is 0 Å². The van der Waals surface area contributed by atoms with Gasteiger partial charge in [0.25, 0.3) is 5.89 Å². The molecule has 0 fully saturated rings. The summed E-state index contributed by atoms with van der Waals surface area (Å²) >= 11 is 0. The number of aromatic nitrogens is 5. The number of nitrogens with zero attached hydrogens (tertiary/aromatic N) is 5. The molecule has 5 aromatic rings. The van der Waals surface area contributed by atoms with Gasteiger partial charge in [-0.25, -0.2) is 9.50 Å². The second kappa shape index (κ2) is 7.22. The minimum absolute atomic E-state index is 0.418. The lowest BCUT2D eigenvalue weighted by atomic mass is 9.99. The molecule has 3 aromatic heterocycles. The van der Waals surface area contributed by atoms with Crippen LogP contribution in [0.5, 0.6) is 0 Å². The molecule has 6 nitrogen and oxygen atoms in total. The van der Waals surface area contributed by atoms with Crippen LogP contribution in [-0.2, 0) is 6.42 Å². The molecule has 0 saturated carbocycles. The average molecular weight is 395 g/mol. The Hall–Kier alpha value is -3.80. The highest BCUT2D eigenvalue weighted by Crippen LogP contribution is 2.28. The van der Waals surface area contributed by atoms with E-state index in [1.54, 1.807) is 6.20 Å². The maximum absolute atomic E-state index is 5.54. The number of fused-ring (bicyclic) bond motifs is 1. The smallest absolute Gasteiger partial charge is 0.263 e. The van der Waals surface area contributed by atoms with E-state index in [4.69, 9.17) is 9.51 Å². The molecule has 0 aliphatic heterocycles. The van der Waals surface area contributed by atoms with Crippen molar-refractivity contribution in [2.75, 3.05) is 0 Å². The lowest BCUT2D eigenvalue weighted by Gasteiger charge is -2.13. The van der Waals surface area contributed by atoms with Crippen molar-refractivity contribution in [2.45, 2.75) is 27.2 Å². The van der Waals surface area contributed by atoms with E-state index in [1.807, 2.05) is 41.8 Å². The molecule has 0 N–H and O–H groups in total. The van der Waals surface area contributed by atoms with Gasteiger partial charge in [-0.15, -0.1) is 0 Å². The van der Waals surface area contributed by atoms with Crippen LogP contribution in [0.4, 0.5) is 0 Å². The Balaban J connectivity index is 1.57. The first kappa shape index (κ1) is 18.2. The summed E-state index contributed by atoms with van der Waals surface area (Å²) in [6.45, 7) is 6.26. The van der Waals surface area contributed by atoms with Gasteiger partial charge in [0.1, 0.15) is 5.56 Å². The third kappa shape index (κ3) is 3.06. The molecule has 0 atom stereocenters. The normalized spacial score (nSPS) is 11.3. The first-order chi connectivity index (χ1) is 14.6. The first-order valence-electron chi connectivity index (χ1n) is 9.89. The molecule has 2 aromatic carbocycles. The maximum atomic E-state index is 5.54. The number of hydrogen-bond donors (Lipinski definition) is 0. The highest BCUT2D eigenvalue weighted by molar-refractivity contribution is 5.73. The van der Waals surface area contributed by atoms with Gasteiger partial charge in [-0.2, -0.15) is 10.1 Å². The molecule has 3 heterocycles. The lowest BCUT2D eigenvalue weighted by molar-refractivity contribution is 0.432. The number of rotatable bonds is 4. The van der Waals surface area contributed by atoms with E-state index in [0.29, 0.717) is 11.7 Å². The van der Waals surface area contributed by atoms with E-state index in [9.17, 15) is 0 Å². The third-order valence-electron chi connectivity index (χ3n) is 5.53. The predicted octanol–water partition coefficient (Wildman–Crippen LogP) is 4.96. The largest absolute Gasteiger partial charge is 0.333 e. The van der Waals surface area contributed by atoms with Crippen molar-refractivity contribution in [3.05, 3.63) is 88.9 Å². The Morgan fingerprint density at radius 1 is 0.900 bits per heavy atom. The fourth-order valence-corrected chi connectivity index (χ4v) is 3.75. The van der Waals surface area contributed by atoms with Crippen molar-refractivity contribution in [1.29, 1.82) is 0 Å². The Bertz CT molecular complexity index is 1350. The molecule has 6 heteroatoms. The summed E-state index contributed by atoms with van der Waals surface area (Å²) in [5.41, 5.74) is 8.16. The van der Waals surface area contributed by atoms with Crippen LogP contribution < -0.4 is 0 Å². The summed E-state index contributed by atoms with van der Waals surface area (Å²) < 4.78 is 7.40. The zero-order valence-electron chi connectivity index (χ0n) is 17.1. The van der Waals surface area contributed by atoms with E-state index < -0.39 is 0 Å². The molecule has 0 aliphatic rings. The third-order valence-corrected chi connectivity index (χ3v) is 5.53. The summed E-state index contributed by atoms with van der Waals surface area (Å²) in [5.74, 6) is 0.969. The summed E-state index contributed by atoms with van der Waals surface area (Å²) in [6, 6.07) is 18.2. The zero-order valence-corrected chi connectivity index (χ0v) is 17.1. The van der Waals surface area contributed by atoms with Gasteiger partial charge in [0.2, 0.25) is 5.82 Å². The number of benzene rings is 2. The van der Waals surface area contributed by atoms with E-state index in [0.717, 1.165) is 34.6 Å². The SMILES string of the molecule is Cc1ccccc1Cc1c(C)nc2c(-c3nc(-c4ccccc4)no3)cnn2c1C. The molecule has 0 amide bonds. The number of hydrogen-bond acceptors (Lipinski definition) is 5. The summed E-state index contributed by atoms with van der Waals surface area (Å²) in [6.07, 6.45) is 2.57. The molecule has 30 heavy (non-hydrogen) atoms. The van der Waals surface area contributed by atoms with E-state index in [2.05, 4.69) is 53.4 Å². The second-order valence-electron chi connectivity index (χ2n) is 7.45. The Morgan fingerprint density at radius 3 is 2.47 bits per heavy atom. The molecule has 5 rings (SSSR count). The van der Waals surface area contributed by atoms with Crippen LogP contribution in [-0.4, -0.2) is 24.7 Å². The van der Waals surface area contributed by atoms with Crippen molar-refractivity contribution in [3.63, 3.8) is 0 Å². The summed E-state index contributed by atoms with van der Waals surface area (Å²) in [7, 11) is 0. The van der Waals surface area contributed by atoms with Gasteiger partial charge in [-0.1, -0.05) is 59.8 Å². The first-order valence-corrected chi connectivity index (χ1v) is 9.89. The Labute approximate surface area is 174 Å². The fourth-order valence-electron chi connectivity index (χ4n) is 3.75. The standard InChI is InChI=1S/C24H21N5O/c1-15-9-7-8-12-19(15)13-20-16(2)26-23-21(14-25-29(23)17(20)3)24-27-22(28-30-24)18-10-5-4-6-11-18/h4-12,14H,13H2,1-3H3. The van der Waals surface area contributed by atoms with Crippen molar-refractivity contribution < 1.29 is 4.52 Å². The van der Waals surface area contributed by atoms with E-state index in [1.165, 1.54) is 16.7 Å². The van der Waals surface area contributed by atoms with Gasteiger partial charge in [-0.05, 0) is 37.5 Å². The van der Waals surface area contributed by atoms with Crippen LogP contribution in [0.2, 0.25) is 0 Å². The average Bonchev–Trinajstić information content (AvgIpc) is 3.40.